The van der Waals surface area contributed by atoms with Crippen molar-refractivity contribution < 1.29 is 9.90 Å². The molecular formula is C12H21Cl3N2O2. The van der Waals surface area contributed by atoms with Crippen LogP contribution in [0, 0.1) is 17.3 Å². The number of hydrogen-bond acceptors (Lipinski definition) is 2. The van der Waals surface area contributed by atoms with Crippen LogP contribution in [0.3, 0.4) is 0 Å². The molecule has 0 radical (unpaired) electrons. The average Bonchev–Trinajstić information content (AvgIpc) is 2.26. The van der Waals surface area contributed by atoms with E-state index in [1.54, 1.807) is 0 Å². The van der Waals surface area contributed by atoms with Crippen molar-refractivity contribution in [2.75, 3.05) is 6.54 Å². The van der Waals surface area contributed by atoms with Crippen molar-refractivity contribution in [1.29, 1.82) is 0 Å². The van der Waals surface area contributed by atoms with E-state index in [4.69, 9.17) is 34.8 Å². The summed E-state index contributed by atoms with van der Waals surface area (Å²) in [6.07, 6.45) is 0.730. The molecule has 0 spiro atoms. The van der Waals surface area contributed by atoms with E-state index in [2.05, 4.69) is 31.4 Å². The molecule has 1 rings (SSSR count). The van der Waals surface area contributed by atoms with Gasteiger partial charge in [-0.25, -0.2) is 4.79 Å². The summed E-state index contributed by atoms with van der Waals surface area (Å²) >= 11 is 16.4. The molecule has 0 heterocycles. The number of halogens is 3. The van der Waals surface area contributed by atoms with Gasteiger partial charge in [-0.05, 0) is 23.7 Å². The summed E-state index contributed by atoms with van der Waals surface area (Å²) in [4.78, 5) is 11.5. The molecule has 0 bridgehead atoms. The van der Waals surface area contributed by atoms with Gasteiger partial charge in [0.25, 0.3) is 0 Å². The van der Waals surface area contributed by atoms with Gasteiger partial charge in [0.1, 0.15) is 0 Å². The Balaban J connectivity index is 2.33. The predicted molar refractivity (Wildman–Crippen MR) is 78.5 cm³/mol. The largest absolute Gasteiger partial charge is 0.369 e. The van der Waals surface area contributed by atoms with Crippen LogP contribution in [0.25, 0.3) is 0 Å². The third-order valence-electron chi connectivity index (χ3n) is 4.25. The first-order chi connectivity index (χ1) is 8.59. The SMILES string of the molecule is CC[C@@H]1C[C@@H](CNC(=O)N[C@H](O)C(Cl)(Cl)Cl)C1(C)C. The van der Waals surface area contributed by atoms with Gasteiger partial charge in [0.2, 0.25) is 3.79 Å². The average molecular weight is 332 g/mol. The zero-order valence-corrected chi connectivity index (χ0v) is 13.6. The van der Waals surface area contributed by atoms with Crippen LogP contribution in [0.4, 0.5) is 4.79 Å². The van der Waals surface area contributed by atoms with Crippen LogP contribution in [0.1, 0.15) is 33.6 Å². The van der Waals surface area contributed by atoms with Crippen LogP contribution in [0.2, 0.25) is 0 Å². The molecule has 19 heavy (non-hydrogen) atoms. The lowest BCUT2D eigenvalue weighted by molar-refractivity contribution is -0.0197. The maximum Gasteiger partial charge on any atom is 0.316 e. The monoisotopic (exact) mass is 330 g/mol. The summed E-state index contributed by atoms with van der Waals surface area (Å²) < 4.78 is -1.93. The maximum absolute atomic E-state index is 11.5. The van der Waals surface area contributed by atoms with E-state index in [0.717, 1.165) is 12.8 Å². The number of alkyl halides is 3. The fourth-order valence-corrected chi connectivity index (χ4v) is 2.80. The van der Waals surface area contributed by atoms with Gasteiger partial charge in [0.05, 0.1) is 0 Å². The van der Waals surface area contributed by atoms with E-state index in [9.17, 15) is 9.90 Å². The van der Waals surface area contributed by atoms with Gasteiger partial charge in [-0.1, -0.05) is 62.0 Å². The van der Waals surface area contributed by atoms with E-state index in [0.29, 0.717) is 18.4 Å². The predicted octanol–water partition coefficient (Wildman–Crippen LogP) is 3.05. The van der Waals surface area contributed by atoms with Gasteiger partial charge >= 0.3 is 6.03 Å². The normalized spacial score (nSPS) is 27.3. The summed E-state index contributed by atoms with van der Waals surface area (Å²) in [7, 11) is 0. The molecule has 0 unspecified atom stereocenters. The van der Waals surface area contributed by atoms with Gasteiger partial charge in [-0.3, -0.25) is 0 Å². The van der Waals surface area contributed by atoms with Gasteiger partial charge in [0, 0.05) is 6.54 Å². The second-order valence-corrected chi connectivity index (χ2v) is 8.03. The molecule has 7 heteroatoms. The number of rotatable bonds is 4. The van der Waals surface area contributed by atoms with E-state index < -0.39 is 16.1 Å². The van der Waals surface area contributed by atoms with Gasteiger partial charge in [0.15, 0.2) is 6.23 Å². The lowest BCUT2D eigenvalue weighted by Gasteiger charge is -2.52. The quantitative estimate of drug-likeness (QED) is 0.548. The molecule has 0 aromatic rings. The number of carbonyl (C=O) groups excluding carboxylic acids is 1. The van der Waals surface area contributed by atoms with Crippen LogP contribution in [0.5, 0.6) is 0 Å². The Kier molecular flexibility index (Phi) is 5.64. The summed E-state index contributed by atoms with van der Waals surface area (Å²) in [6, 6.07) is -0.533. The lowest BCUT2D eigenvalue weighted by atomic mass is 9.54. The standard InChI is InChI=1S/C12H21Cl3N2O2/c1-4-7-5-8(11(7,2)3)6-16-10(19)17-9(18)12(13,14)15/h7-9,18H,4-6H2,1-3H3,(H2,16,17,19)/t7-,8+,9-/m1/s1. The molecule has 3 N–H and O–H groups in total. The van der Waals surface area contributed by atoms with Crippen LogP contribution in [-0.2, 0) is 0 Å². The molecule has 1 aliphatic rings. The molecule has 1 saturated carbocycles. The minimum absolute atomic E-state index is 0.232. The Morgan fingerprint density at radius 3 is 2.42 bits per heavy atom. The van der Waals surface area contributed by atoms with Crippen LogP contribution >= 0.6 is 34.8 Å². The Bertz CT molecular complexity index is 331. The highest BCUT2D eigenvalue weighted by Gasteiger charge is 2.46. The number of aliphatic hydroxyl groups is 1. The second kappa shape index (κ2) is 6.25. The maximum atomic E-state index is 11.5. The first kappa shape index (κ1) is 17.2. The third-order valence-corrected chi connectivity index (χ3v) is 4.87. The Morgan fingerprint density at radius 2 is 2.00 bits per heavy atom. The molecule has 0 aliphatic heterocycles. The molecule has 1 fully saturated rings. The van der Waals surface area contributed by atoms with Gasteiger partial charge in [-0.15, -0.1) is 0 Å². The molecule has 1 aliphatic carbocycles. The van der Waals surface area contributed by atoms with Crippen molar-refractivity contribution in [2.24, 2.45) is 17.3 Å². The number of hydrogen-bond donors (Lipinski definition) is 3. The van der Waals surface area contributed by atoms with E-state index in [1.807, 2.05) is 0 Å². The molecule has 3 atom stereocenters. The number of carbonyl (C=O) groups is 1. The number of amides is 2. The lowest BCUT2D eigenvalue weighted by Crippen LogP contribution is -2.53. The summed E-state index contributed by atoms with van der Waals surface area (Å²) in [6.45, 7) is 7.16. The molecule has 112 valence electrons. The Hall–Kier alpha value is 0.1000. The van der Waals surface area contributed by atoms with Crippen LogP contribution < -0.4 is 10.6 Å². The highest BCUT2D eigenvalue weighted by Crippen LogP contribution is 2.52. The van der Waals surface area contributed by atoms with Gasteiger partial charge in [-0.2, -0.15) is 0 Å². The van der Waals surface area contributed by atoms with E-state index >= 15 is 0 Å². The van der Waals surface area contributed by atoms with Crippen molar-refractivity contribution in [3.8, 4) is 0 Å². The Labute approximate surface area is 129 Å². The van der Waals surface area contributed by atoms with Crippen molar-refractivity contribution >= 4 is 40.8 Å². The van der Waals surface area contributed by atoms with Crippen LogP contribution in [0.15, 0.2) is 0 Å². The smallest absolute Gasteiger partial charge is 0.316 e. The zero-order chi connectivity index (χ0) is 14.8. The first-order valence-electron chi connectivity index (χ1n) is 6.38. The fraction of sp³-hybridized carbons (Fsp3) is 0.917. The van der Waals surface area contributed by atoms with Crippen LogP contribution in [-0.4, -0.2) is 27.7 Å². The summed E-state index contributed by atoms with van der Waals surface area (Å²) in [5.74, 6) is 1.14. The molecule has 0 aromatic carbocycles. The number of nitrogens with one attached hydrogen (secondary N) is 2. The molecule has 0 aromatic heterocycles. The topological polar surface area (TPSA) is 61.4 Å². The minimum Gasteiger partial charge on any atom is -0.369 e. The minimum atomic E-state index is -1.93. The number of urea groups is 1. The van der Waals surface area contributed by atoms with Crippen molar-refractivity contribution in [1.82, 2.24) is 10.6 Å². The fourth-order valence-electron chi connectivity index (χ4n) is 2.64. The van der Waals surface area contributed by atoms with Crippen molar-refractivity contribution in [2.45, 2.75) is 43.6 Å². The summed E-state index contributed by atoms with van der Waals surface area (Å²) in [5.41, 5.74) is 0.232. The van der Waals surface area contributed by atoms with E-state index in [-0.39, 0.29) is 5.41 Å². The van der Waals surface area contributed by atoms with Gasteiger partial charge < -0.3 is 15.7 Å². The van der Waals surface area contributed by atoms with Crippen molar-refractivity contribution in [3.05, 3.63) is 0 Å². The highest BCUT2D eigenvalue weighted by molar-refractivity contribution is 6.68. The molecule has 2 amide bonds. The number of aliphatic hydroxyl groups excluding tert-OH is 1. The summed E-state index contributed by atoms with van der Waals surface area (Å²) in [5, 5.41) is 14.3. The second-order valence-electron chi connectivity index (χ2n) is 5.66. The molecule has 4 nitrogen and oxygen atoms in total. The van der Waals surface area contributed by atoms with Crippen molar-refractivity contribution in [3.63, 3.8) is 0 Å². The molecule has 0 saturated heterocycles. The van der Waals surface area contributed by atoms with E-state index in [1.165, 1.54) is 0 Å². The first-order valence-corrected chi connectivity index (χ1v) is 7.51. The molecular weight excluding hydrogens is 311 g/mol. The highest BCUT2D eigenvalue weighted by atomic mass is 35.6. The Morgan fingerprint density at radius 1 is 1.42 bits per heavy atom. The third kappa shape index (κ3) is 4.28. The zero-order valence-electron chi connectivity index (χ0n) is 11.3.